The van der Waals surface area contributed by atoms with Gasteiger partial charge in [-0.3, -0.25) is 14.9 Å². The number of carboxylic acids is 1. The molecule has 33 heavy (non-hydrogen) atoms. The zero-order chi connectivity index (χ0) is 24.1. The van der Waals surface area contributed by atoms with Crippen LogP contribution in [0.5, 0.6) is 11.5 Å². The van der Waals surface area contributed by atoms with E-state index in [-0.39, 0.29) is 17.1 Å². The van der Waals surface area contributed by atoms with Gasteiger partial charge >= 0.3 is 12.0 Å². The summed E-state index contributed by atoms with van der Waals surface area (Å²) in [5.74, 6) is -2.36. The van der Waals surface area contributed by atoms with Gasteiger partial charge < -0.3 is 14.6 Å². The number of allylic oxidation sites excluding steroid dienone is 1. The highest BCUT2D eigenvalue weighted by Crippen LogP contribution is 2.35. The van der Waals surface area contributed by atoms with Crippen LogP contribution in [0.4, 0.5) is 10.5 Å². The van der Waals surface area contributed by atoms with Gasteiger partial charge in [0.1, 0.15) is 5.57 Å². The topological polar surface area (TPSA) is 122 Å². The van der Waals surface area contributed by atoms with E-state index in [1.54, 1.807) is 36.4 Å². The number of aliphatic carboxylic acids is 1. The highest BCUT2D eigenvalue weighted by atomic mass is 79.9. The number of ether oxygens (including phenoxy) is 2. The average Bonchev–Trinajstić information content (AvgIpc) is 2.76. The monoisotopic (exact) mass is 514 g/mol. The molecule has 0 radical (unpaired) electrons. The number of rotatable bonds is 8. The number of amides is 4. The Balaban J connectivity index is 2.04. The fourth-order valence-electron chi connectivity index (χ4n) is 3.17. The van der Waals surface area contributed by atoms with Crippen molar-refractivity contribution in [1.82, 2.24) is 5.32 Å². The molecule has 10 heteroatoms. The van der Waals surface area contributed by atoms with Crippen molar-refractivity contribution in [2.75, 3.05) is 18.6 Å². The summed E-state index contributed by atoms with van der Waals surface area (Å²) in [6, 6.07) is 8.72. The third-order valence-electron chi connectivity index (χ3n) is 4.58. The van der Waals surface area contributed by atoms with Gasteiger partial charge in [0, 0.05) is 10.0 Å². The Morgan fingerprint density at radius 1 is 1.21 bits per heavy atom. The maximum absolute atomic E-state index is 13.1. The number of hydrogen-bond acceptors (Lipinski definition) is 6. The zero-order valence-corrected chi connectivity index (χ0v) is 19.0. The van der Waals surface area contributed by atoms with Crippen molar-refractivity contribution in [2.45, 2.75) is 6.42 Å². The summed E-state index contributed by atoms with van der Waals surface area (Å²) < 4.78 is 11.5. The van der Waals surface area contributed by atoms with Gasteiger partial charge in [-0.25, -0.2) is 14.5 Å². The van der Waals surface area contributed by atoms with Crippen molar-refractivity contribution in [3.05, 3.63) is 70.2 Å². The Bertz CT molecular complexity index is 1170. The fourth-order valence-corrected chi connectivity index (χ4v) is 3.44. The van der Waals surface area contributed by atoms with Crippen LogP contribution >= 0.6 is 15.9 Å². The molecule has 2 aromatic carbocycles. The van der Waals surface area contributed by atoms with Gasteiger partial charge in [-0.15, -0.1) is 6.58 Å². The minimum absolute atomic E-state index is 0.215. The maximum Gasteiger partial charge on any atom is 0.341 e. The van der Waals surface area contributed by atoms with E-state index in [1.165, 1.54) is 19.3 Å². The van der Waals surface area contributed by atoms with Crippen molar-refractivity contribution >= 4 is 51.5 Å². The third-order valence-corrected chi connectivity index (χ3v) is 5.10. The van der Waals surface area contributed by atoms with Gasteiger partial charge in [-0.2, -0.15) is 0 Å². The lowest BCUT2D eigenvalue weighted by molar-refractivity contribution is -0.139. The molecule has 0 atom stereocenters. The van der Waals surface area contributed by atoms with Crippen molar-refractivity contribution in [2.24, 2.45) is 0 Å². The highest BCUT2D eigenvalue weighted by Gasteiger charge is 2.36. The van der Waals surface area contributed by atoms with E-state index in [0.717, 1.165) is 9.37 Å². The number of barbiturate groups is 1. The SMILES string of the molecule is C=CCc1cc(/C=C2\C(=O)NC(=O)N(c3ccc(Br)cc3)C2=O)cc(OC)c1OCC(=O)O. The molecule has 1 fully saturated rings. The van der Waals surface area contributed by atoms with E-state index in [0.29, 0.717) is 23.2 Å². The second-order valence-electron chi connectivity index (χ2n) is 6.82. The number of urea groups is 1. The van der Waals surface area contributed by atoms with Gasteiger partial charge in [0.15, 0.2) is 18.1 Å². The normalized spacial score (nSPS) is 14.8. The Hall–Kier alpha value is -3.92. The lowest BCUT2D eigenvalue weighted by Crippen LogP contribution is -2.54. The maximum atomic E-state index is 13.1. The molecular formula is C23H19BrN2O7. The summed E-state index contributed by atoms with van der Waals surface area (Å²) in [5, 5.41) is 11.1. The average molecular weight is 515 g/mol. The number of hydrogen-bond donors (Lipinski definition) is 2. The van der Waals surface area contributed by atoms with E-state index in [1.807, 2.05) is 0 Å². The summed E-state index contributed by atoms with van der Waals surface area (Å²) >= 11 is 3.29. The number of nitrogens with zero attached hydrogens (tertiary/aromatic N) is 1. The molecule has 0 aromatic heterocycles. The van der Waals surface area contributed by atoms with Crippen LogP contribution in [0.2, 0.25) is 0 Å². The van der Waals surface area contributed by atoms with Crippen LogP contribution in [0.25, 0.3) is 6.08 Å². The fraction of sp³-hybridized carbons (Fsp3) is 0.130. The highest BCUT2D eigenvalue weighted by molar-refractivity contribution is 9.10. The van der Waals surface area contributed by atoms with E-state index in [4.69, 9.17) is 14.6 Å². The van der Waals surface area contributed by atoms with E-state index >= 15 is 0 Å². The molecule has 3 rings (SSSR count). The number of halogens is 1. The van der Waals surface area contributed by atoms with Crippen molar-refractivity contribution in [3.63, 3.8) is 0 Å². The predicted octanol–water partition coefficient (Wildman–Crippen LogP) is 3.32. The molecular weight excluding hydrogens is 496 g/mol. The first-order chi connectivity index (χ1) is 15.7. The van der Waals surface area contributed by atoms with Crippen LogP contribution in [0.3, 0.4) is 0 Å². The van der Waals surface area contributed by atoms with Gasteiger partial charge in [-0.05, 0) is 54.5 Å². The molecule has 2 N–H and O–H groups in total. The minimum Gasteiger partial charge on any atom is -0.493 e. The number of methoxy groups -OCH3 is 1. The molecule has 0 bridgehead atoms. The quantitative estimate of drug-likeness (QED) is 0.314. The molecule has 0 unspecified atom stereocenters. The summed E-state index contributed by atoms with van der Waals surface area (Å²) in [4.78, 5) is 49.7. The Morgan fingerprint density at radius 2 is 1.91 bits per heavy atom. The number of benzene rings is 2. The molecule has 1 saturated heterocycles. The number of anilines is 1. The van der Waals surface area contributed by atoms with Crippen LogP contribution in [0.1, 0.15) is 11.1 Å². The molecule has 4 amide bonds. The van der Waals surface area contributed by atoms with E-state index < -0.39 is 30.4 Å². The summed E-state index contributed by atoms with van der Waals surface area (Å²) in [7, 11) is 1.38. The molecule has 2 aromatic rings. The number of carbonyl (C=O) groups excluding carboxylic acids is 3. The van der Waals surface area contributed by atoms with Crippen LogP contribution in [-0.4, -0.2) is 42.6 Å². The Labute approximate surface area is 197 Å². The standard InChI is InChI=1S/C23H19BrN2O7/c1-3-4-14-9-13(11-18(32-2)20(14)33-12-19(27)28)10-17-21(29)25-23(31)26(22(17)30)16-7-5-15(24)6-8-16/h3,5-11H,1,4,12H2,2H3,(H,27,28)(H,25,29,31)/b17-10+. The molecule has 1 aliphatic heterocycles. The van der Waals surface area contributed by atoms with Gasteiger partial charge in [0.2, 0.25) is 0 Å². The zero-order valence-electron chi connectivity index (χ0n) is 17.5. The first-order valence-corrected chi connectivity index (χ1v) is 10.4. The van der Waals surface area contributed by atoms with Gasteiger partial charge in [0.05, 0.1) is 12.8 Å². The molecule has 170 valence electrons. The van der Waals surface area contributed by atoms with E-state index in [2.05, 4.69) is 27.8 Å². The number of nitrogens with one attached hydrogen (secondary N) is 1. The Kier molecular flexibility index (Phi) is 7.29. The second-order valence-corrected chi connectivity index (χ2v) is 7.74. The van der Waals surface area contributed by atoms with Gasteiger partial charge in [0.25, 0.3) is 11.8 Å². The number of carbonyl (C=O) groups is 4. The molecule has 9 nitrogen and oxygen atoms in total. The largest absolute Gasteiger partial charge is 0.493 e. The lowest BCUT2D eigenvalue weighted by atomic mass is 10.0. The first kappa shape index (κ1) is 23.7. The molecule has 0 aliphatic carbocycles. The van der Waals surface area contributed by atoms with Crippen LogP contribution < -0.4 is 19.7 Å². The second kappa shape index (κ2) is 10.1. The summed E-state index contributed by atoms with van der Waals surface area (Å²) in [6.07, 6.45) is 3.23. The molecule has 0 saturated carbocycles. The third kappa shape index (κ3) is 5.29. The molecule has 1 heterocycles. The van der Waals surface area contributed by atoms with Crippen LogP contribution in [0.15, 0.2) is 59.1 Å². The van der Waals surface area contributed by atoms with Crippen molar-refractivity contribution in [1.29, 1.82) is 0 Å². The van der Waals surface area contributed by atoms with Crippen LogP contribution in [0, 0.1) is 0 Å². The van der Waals surface area contributed by atoms with Gasteiger partial charge in [-0.1, -0.05) is 22.0 Å². The first-order valence-electron chi connectivity index (χ1n) is 9.58. The minimum atomic E-state index is -1.16. The van der Waals surface area contributed by atoms with Crippen molar-refractivity contribution < 1.29 is 33.8 Å². The smallest absolute Gasteiger partial charge is 0.341 e. The van der Waals surface area contributed by atoms with Crippen LogP contribution in [-0.2, 0) is 20.8 Å². The lowest BCUT2D eigenvalue weighted by Gasteiger charge is -2.26. The van der Waals surface area contributed by atoms with E-state index in [9.17, 15) is 19.2 Å². The predicted molar refractivity (Wildman–Crippen MR) is 123 cm³/mol. The number of carboxylic acid groups (broad SMARTS) is 1. The summed E-state index contributed by atoms with van der Waals surface area (Å²) in [6.45, 7) is 3.10. The molecule has 1 aliphatic rings. The van der Waals surface area contributed by atoms with Crippen molar-refractivity contribution in [3.8, 4) is 11.5 Å². The molecule has 0 spiro atoms. The summed E-state index contributed by atoms with van der Waals surface area (Å²) in [5.41, 5.74) is 0.988. The number of imide groups is 2. The Morgan fingerprint density at radius 3 is 2.52 bits per heavy atom.